The standard InChI is InChI=1S/C15H22ClN.ClH/c1-12(2)15(17-10-4-3-5-11-17)13-6-8-14(16)9-7-13;/h6-9,12,15H,3-5,10-11H2,1-2H3;1H. The maximum Gasteiger partial charge on any atom is 0.0406 e. The van der Waals surface area contributed by atoms with Crippen molar-refractivity contribution in [2.75, 3.05) is 13.1 Å². The summed E-state index contributed by atoms with van der Waals surface area (Å²) in [5.74, 6) is 0.647. The Morgan fingerprint density at radius 1 is 1.00 bits per heavy atom. The second kappa shape index (κ2) is 7.37. The zero-order valence-electron chi connectivity index (χ0n) is 11.2. The molecule has 0 saturated carbocycles. The smallest absolute Gasteiger partial charge is 0.0406 e. The molecule has 2 rings (SSSR count). The van der Waals surface area contributed by atoms with Crippen LogP contribution in [0.3, 0.4) is 0 Å². The number of piperidine rings is 1. The number of nitrogens with zero attached hydrogens (tertiary/aromatic N) is 1. The van der Waals surface area contributed by atoms with E-state index in [4.69, 9.17) is 11.6 Å². The molecule has 1 aliphatic heterocycles. The Hall–Kier alpha value is -0.240. The van der Waals surface area contributed by atoms with Gasteiger partial charge in [-0.3, -0.25) is 4.90 Å². The average molecular weight is 288 g/mol. The van der Waals surface area contributed by atoms with E-state index in [0.29, 0.717) is 12.0 Å². The van der Waals surface area contributed by atoms with Crippen LogP contribution in [0, 0.1) is 5.92 Å². The lowest BCUT2D eigenvalue weighted by Gasteiger charge is -2.37. The van der Waals surface area contributed by atoms with Crippen LogP contribution >= 0.6 is 24.0 Å². The minimum Gasteiger partial charge on any atom is -0.296 e. The summed E-state index contributed by atoms with van der Waals surface area (Å²) in [6, 6.07) is 8.93. The minimum atomic E-state index is 0. The van der Waals surface area contributed by atoms with Crippen LogP contribution in [-0.2, 0) is 0 Å². The summed E-state index contributed by atoms with van der Waals surface area (Å²) >= 11 is 5.97. The average Bonchev–Trinajstić information content (AvgIpc) is 2.33. The summed E-state index contributed by atoms with van der Waals surface area (Å²) in [6.45, 7) is 7.11. The maximum absolute atomic E-state index is 5.97. The van der Waals surface area contributed by atoms with Gasteiger partial charge in [0.25, 0.3) is 0 Å². The summed E-state index contributed by atoms with van der Waals surface area (Å²) in [5.41, 5.74) is 1.41. The van der Waals surface area contributed by atoms with Gasteiger partial charge in [-0.25, -0.2) is 0 Å². The van der Waals surface area contributed by atoms with Crippen LogP contribution in [0.5, 0.6) is 0 Å². The van der Waals surface area contributed by atoms with Crippen molar-refractivity contribution in [3.05, 3.63) is 34.9 Å². The molecule has 102 valence electrons. The van der Waals surface area contributed by atoms with Gasteiger partial charge in [0.1, 0.15) is 0 Å². The van der Waals surface area contributed by atoms with E-state index in [-0.39, 0.29) is 12.4 Å². The third kappa shape index (κ3) is 3.88. The van der Waals surface area contributed by atoms with E-state index in [2.05, 4.69) is 30.9 Å². The van der Waals surface area contributed by atoms with Gasteiger partial charge in [0, 0.05) is 11.1 Å². The summed E-state index contributed by atoms with van der Waals surface area (Å²) < 4.78 is 0. The molecule has 1 nitrogen and oxygen atoms in total. The lowest BCUT2D eigenvalue weighted by molar-refractivity contribution is 0.128. The first-order chi connectivity index (χ1) is 8.18. The van der Waals surface area contributed by atoms with Gasteiger partial charge in [-0.05, 0) is 49.5 Å². The van der Waals surface area contributed by atoms with E-state index < -0.39 is 0 Å². The van der Waals surface area contributed by atoms with Crippen LogP contribution in [-0.4, -0.2) is 18.0 Å². The zero-order chi connectivity index (χ0) is 12.3. The number of hydrogen-bond donors (Lipinski definition) is 0. The fourth-order valence-electron chi connectivity index (χ4n) is 2.87. The molecular weight excluding hydrogens is 265 g/mol. The van der Waals surface area contributed by atoms with Crippen LogP contribution in [0.1, 0.15) is 44.7 Å². The van der Waals surface area contributed by atoms with Crippen molar-refractivity contribution in [3.8, 4) is 0 Å². The Morgan fingerprint density at radius 3 is 2.06 bits per heavy atom. The van der Waals surface area contributed by atoms with E-state index in [0.717, 1.165) is 5.02 Å². The molecular formula is C15H23Cl2N. The van der Waals surface area contributed by atoms with Gasteiger partial charge in [0.15, 0.2) is 0 Å². The maximum atomic E-state index is 5.97. The third-order valence-electron chi connectivity index (χ3n) is 3.63. The Bertz CT molecular complexity index is 342. The Labute approximate surface area is 122 Å². The second-order valence-corrected chi connectivity index (χ2v) is 5.77. The number of hydrogen-bond acceptors (Lipinski definition) is 1. The highest BCUT2D eigenvalue weighted by Gasteiger charge is 2.24. The molecule has 18 heavy (non-hydrogen) atoms. The molecule has 1 atom stereocenters. The van der Waals surface area contributed by atoms with Gasteiger partial charge in [-0.1, -0.05) is 44.0 Å². The monoisotopic (exact) mass is 287 g/mol. The highest BCUT2D eigenvalue weighted by atomic mass is 35.5. The van der Waals surface area contributed by atoms with Crippen molar-refractivity contribution < 1.29 is 0 Å². The van der Waals surface area contributed by atoms with Crippen molar-refractivity contribution in [3.63, 3.8) is 0 Å². The summed E-state index contributed by atoms with van der Waals surface area (Å²) in [7, 11) is 0. The number of halogens is 2. The van der Waals surface area contributed by atoms with E-state index in [9.17, 15) is 0 Å². The van der Waals surface area contributed by atoms with Crippen molar-refractivity contribution in [1.82, 2.24) is 4.90 Å². The Balaban J connectivity index is 0.00000162. The van der Waals surface area contributed by atoms with Crippen molar-refractivity contribution in [2.45, 2.75) is 39.2 Å². The Morgan fingerprint density at radius 2 is 1.56 bits per heavy atom. The number of benzene rings is 1. The molecule has 1 fully saturated rings. The van der Waals surface area contributed by atoms with Gasteiger partial charge in [0.05, 0.1) is 0 Å². The number of rotatable bonds is 3. The van der Waals surface area contributed by atoms with E-state index in [1.54, 1.807) is 0 Å². The molecule has 0 aliphatic carbocycles. The summed E-state index contributed by atoms with van der Waals surface area (Å²) in [6.07, 6.45) is 4.08. The van der Waals surface area contributed by atoms with Crippen LogP contribution in [0.25, 0.3) is 0 Å². The molecule has 1 aromatic rings. The molecule has 1 aliphatic rings. The number of likely N-dealkylation sites (tertiary alicyclic amines) is 1. The van der Waals surface area contributed by atoms with Crippen LogP contribution < -0.4 is 0 Å². The van der Waals surface area contributed by atoms with Crippen LogP contribution in [0.4, 0.5) is 0 Å². The normalized spacial score (nSPS) is 18.4. The summed E-state index contributed by atoms with van der Waals surface area (Å²) in [4.78, 5) is 2.64. The van der Waals surface area contributed by atoms with E-state index in [1.165, 1.54) is 37.9 Å². The molecule has 0 amide bonds. The quantitative estimate of drug-likeness (QED) is 0.761. The minimum absolute atomic E-state index is 0. The topological polar surface area (TPSA) is 3.24 Å². The van der Waals surface area contributed by atoms with Crippen molar-refractivity contribution >= 4 is 24.0 Å². The third-order valence-corrected chi connectivity index (χ3v) is 3.88. The molecule has 1 aromatic carbocycles. The lowest BCUT2D eigenvalue weighted by Crippen LogP contribution is -2.36. The molecule has 1 unspecified atom stereocenters. The first-order valence-electron chi connectivity index (χ1n) is 6.68. The molecule has 0 bridgehead atoms. The SMILES string of the molecule is CC(C)C(c1ccc(Cl)cc1)N1CCCCC1.Cl. The van der Waals surface area contributed by atoms with Gasteiger partial charge in [-0.2, -0.15) is 0 Å². The molecule has 1 heterocycles. The first-order valence-corrected chi connectivity index (χ1v) is 7.06. The Kier molecular flexibility index (Phi) is 6.48. The van der Waals surface area contributed by atoms with Gasteiger partial charge < -0.3 is 0 Å². The summed E-state index contributed by atoms with van der Waals surface area (Å²) in [5, 5.41) is 0.829. The first kappa shape index (κ1) is 15.8. The van der Waals surface area contributed by atoms with Crippen molar-refractivity contribution in [1.29, 1.82) is 0 Å². The molecule has 0 aromatic heterocycles. The molecule has 1 saturated heterocycles. The lowest BCUT2D eigenvalue weighted by atomic mass is 9.92. The predicted molar refractivity (Wildman–Crippen MR) is 81.7 cm³/mol. The highest BCUT2D eigenvalue weighted by molar-refractivity contribution is 6.30. The molecule has 0 spiro atoms. The fourth-order valence-corrected chi connectivity index (χ4v) is 3.00. The molecule has 0 N–H and O–H groups in total. The van der Waals surface area contributed by atoms with Gasteiger partial charge >= 0.3 is 0 Å². The van der Waals surface area contributed by atoms with Crippen LogP contribution in [0.15, 0.2) is 24.3 Å². The largest absolute Gasteiger partial charge is 0.296 e. The fraction of sp³-hybridized carbons (Fsp3) is 0.600. The van der Waals surface area contributed by atoms with Gasteiger partial charge in [0.2, 0.25) is 0 Å². The highest BCUT2D eigenvalue weighted by Crippen LogP contribution is 2.31. The zero-order valence-corrected chi connectivity index (χ0v) is 12.8. The molecule has 3 heteroatoms. The van der Waals surface area contributed by atoms with Crippen LogP contribution in [0.2, 0.25) is 5.02 Å². The predicted octanol–water partition coefficient (Wildman–Crippen LogP) is 4.94. The van der Waals surface area contributed by atoms with Crippen molar-refractivity contribution in [2.24, 2.45) is 5.92 Å². The van der Waals surface area contributed by atoms with E-state index >= 15 is 0 Å². The van der Waals surface area contributed by atoms with Gasteiger partial charge in [-0.15, -0.1) is 12.4 Å². The van der Waals surface area contributed by atoms with E-state index in [1.807, 2.05) is 12.1 Å². The molecule has 0 radical (unpaired) electrons. The second-order valence-electron chi connectivity index (χ2n) is 5.34.